The van der Waals surface area contributed by atoms with Gasteiger partial charge in [-0.3, -0.25) is 4.90 Å². The molecule has 2 aromatic rings. The van der Waals surface area contributed by atoms with E-state index in [1.807, 2.05) is 6.92 Å². The highest BCUT2D eigenvalue weighted by Gasteiger charge is 2.40. The molecule has 0 spiro atoms. The SMILES string of the molecule is CC1(OCC(=O)O)CN(Cc2noc(-c3ccco3)n2)C1. The van der Waals surface area contributed by atoms with E-state index < -0.39 is 11.6 Å². The molecular formula is C13H15N3O5. The number of rotatable bonds is 6. The van der Waals surface area contributed by atoms with Gasteiger partial charge in [0.25, 0.3) is 5.89 Å². The first kappa shape index (κ1) is 13.8. The van der Waals surface area contributed by atoms with E-state index in [9.17, 15) is 4.79 Å². The molecule has 1 N–H and O–H groups in total. The smallest absolute Gasteiger partial charge is 0.329 e. The van der Waals surface area contributed by atoms with Gasteiger partial charge in [0, 0.05) is 13.1 Å². The van der Waals surface area contributed by atoms with Gasteiger partial charge in [-0.1, -0.05) is 5.16 Å². The largest absolute Gasteiger partial charge is 0.480 e. The van der Waals surface area contributed by atoms with Crippen molar-refractivity contribution in [3.8, 4) is 11.7 Å². The quantitative estimate of drug-likeness (QED) is 0.841. The van der Waals surface area contributed by atoms with Crippen molar-refractivity contribution in [3.05, 3.63) is 24.2 Å². The third-order valence-corrected chi connectivity index (χ3v) is 3.23. The van der Waals surface area contributed by atoms with Crippen LogP contribution < -0.4 is 0 Å². The number of carboxylic acids is 1. The Morgan fingerprint density at radius 2 is 2.38 bits per heavy atom. The molecule has 0 bridgehead atoms. The van der Waals surface area contributed by atoms with Crippen LogP contribution >= 0.6 is 0 Å². The average Bonchev–Trinajstić information content (AvgIpc) is 3.04. The predicted octanol–water partition coefficient (Wildman–Crippen LogP) is 1.01. The van der Waals surface area contributed by atoms with E-state index in [-0.39, 0.29) is 6.61 Å². The molecule has 1 saturated heterocycles. The summed E-state index contributed by atoms with van der Waals surface area (Å²) in [6.07, 6.45) is 1.54. The molecule has 0 amide bonds. The fraction of sp³-hybridized carbons (Fsp3) is 0.462. The standard InChI is InChI=1S/C13H15N3O5/c1-13(20-6-11(17)18)7-16(8-13)5-10-14-12(21-15-10)9-3-2-4-19-9/h2-4H,5-8H2,1H3,(H,17,18). The summed E-state index contributed by atoms with van der Waals surface area (Å²) < 4.78 is 15.6. The van der Waals surface area contributed by atoms with Crippen molar-refractivity contribution < 1.29 is 23.6 Å². The third-order valence-electron chi connectivity index (χ3n) is 3.23. The van der Waals surface area contributed by atoms with Crippen LogP contribution in [0.25, 0.3) is 11.7 Å². The minimum Gasteiger partial charge on any atom is -0.480 e. The van der Waals surface area contributed by atoms with Crippen molar-refractivity contribution in [2.75, 3.05) is 19.7 Å². The highest BCUT2D eigenvalue weighted by atomic mass is 16.5. The van der Waals surface area contributed by atoms with Crippen molar-refractivity contribution in [2.45, 2.75) is 19.1 Å². The second-order valence-electron chi connectivity index (χ2n) is 5.27. The van der Waals surface area contributed by atoms with Crippen LogP contribution in [0.4, 0.5) is 0 Å². The molecule has 1 aliphatic rings. The Bertz CT molecular complexity index is 616. The Kier molecular flexibility index (Phi) is 3.48. The number of hydrogen-bond acceptors (Lipinski definition) is 7. The fourth-order valence-corrected chi connectivity index (χ4v) is 2.36. The van der Waals surface area contributed by atoms with Crippen molar-refractivity contribution >= 4 is 5.97 Å². The maximum Gasteiger partial charge on any atom is 0.329 e. The summed E-state index contributed by atoms with van der Waals surface area (Å²) in [5.41, 5.74) is -0.425. The topological polar surface area (TPSA) is 102 Å². The van der Waals surface area contributed by atoms with Gasteiger partial charge in [0.1, 0.15) is 6.61 Å². The van der Waals surface area contributed by atoms with Crippen LogP contribution in [-0.4, -0.2) is 51.4 Å². The second kappa shape index (κ2) is 5.30. The van der Waals surface area contributed by atoms with Gasteiger partial charge >= 0.3 is 5.97 Å². The average molecular weight is 293 g/mol. The van der Waals surface area contributed by atoms with Crippen molar-refractivity contribution in [1.82, 2.24) is 15.0 Å². The molecule has 2 aromatic heterocycles. The van der Waals surface area contributed by atoms with E-state index in [0.29, 0.717) is 37.1 Å². The minimum atomic E-state index is -0.962. The zero-order valence-corrected chi connectivity index (χ0v) is 11.5. The van der Waals surface area contributed by atoms with E-state index in [0.717, 1.165) is 0 Å². The van der Waals surface area contributed by atoms with Crippen molar-refractivity contribution in [1.29, 1.82) is 0 Å². The molecule has 0 radical (unpaired) electrons. The van der Waals surface area contributed by atoms with E-state index in [1.54, 1.807) is 18.4 Å². The molecule has 3 rings (SSSR count). The number of likely N-dealkylation sites (tertiary alicyclic amines) is 1. The number of carbonyl (C=O) groups is 1. The van der Waals surface area contributed by atoms with Gasteiger partial charge in [-0.2, -0.15) is 4.98 Å². The number of hydrogen-bond donors (Lipinski definition) is 1. The van der Waals surface area contributed by atoms with Crippen LogP contribution in [0.2, 0.25) is 0 Å². The van der Waals surface area contributed by atoms with Crippen LogP contribution in [0.15, 0.2) is 27.3 Å². The highest BCUT2D eigenvalue weighted by molar-refractivity contribution is 5.68. The molecule has 0 atom stereocenters. The number of furan rings is 1. The van der Waals surface area contributed by atoms with Gasteiger partial charge in [-0.15, -0.1) is 0 Å². The summed E-state index contributed by atoms with van der Waals surface area (Å²) in [5, 5.41) is 12.5. The lowest BCUT2D eigenvalue weighted by molar-refractivity contribution is -0.166. The Morgan fingerprint density at radius 3 is 3.05 bits per heavy atom. The molecule has 21 heavy (non-hydrogen) atoms. The molecule has 3 heterocycles. The summed E-state index contributed by atoms with van der Waals surface area (Å²) in [4.78, 5) is 16.8. The number of ether oxygens (including phenoxy) is 1. The van der Waals surface area contributed by atoms with Gasteiger partial charge in [0.15, 0.2) is 11.6 Å². The lowest BCUT2D eigenvalue weighted by Crippen LogP contribution is -2.61. The molecule has 8 heteroatoms. The first-order valence-corrected chi connectivity index (χ1v) is 6.49. The molecule has 0 aromatic carbocycles. The highest BCUT2D eigenvalue weighted by Crippen LogP contribution is 2.26. The summed E-state index contributed by atoms with van der Waals surface area (Å²) >= 11 is 0. The van der Waals surface area contributed by atoms with Gasteiger partial charge < -0.3 is 18.8 Å². The Morgan fingerprint density at radius 1 is 1.57 bits per heavy atom. The number of aromatic nitrogens is 2. The lowest BCUT2D eigenvalue weighted by atomic mass is 9.96. The monoisotopic (exact) mass is 293 g/mol. The van der Waals surface area contributed by atoms with Crippen molar-refractivity contribution in [3.63, 3.8) is 0 Å². The molecular weight excluding hydrogens is 278 g/mol. The number of carboxylic acid groups (broad SMARTS) is 1. The molecule has 0 unspecified atom stereocenters. The molecule has 8 nitrogen and oxygen atoms in total. The van der Waals surface area contributed by atoms with Gasteiger partial charge in [-0.05, 0) is 19.1 Å². The Hall–Kier alpha value is -2.19. The number of nitrogens with zero attached hydrogens (tertiary/aromatic N) is 3. The maximum absolute atomic E-state index is 10.5. The number of aliphatic carboxylic acids is 1. The van der Waals surface area contributed by atoms with Crippen LogP contribution in [0.1, 0.15) is 12.7 Å². The van der Waals surface area contributed by atoms with Crippen LogP contribution in [0, 0.1) is 0 Å². The van der Waals surface area contributed by atoms with E-state index in [1.165, 1.54) is 0 Å². The first-order chi connectivity index (χ1) is 10.0. The first-order valence-electron chi connectivity index (χ1n) is 6.49. The van der Waals surface area contributed by atoms with E-state index in [4.69, 9.17) is 18.8 Å². The van der Waals surface area contributed by atoms with Gasteiger partial charge in [0.05, 0.1) is 18.4 Å². The summed E-state index contributed by atoms with van der Waals surface area (Å²) in [5.74, 6) is 0.477. The summed E-state index contributed by atoms with van der Waals surface area (Å²) in [6, 6.07) is 3.50. The van der Waals surface area contributed by atoms with Crippen LogP contribution in [-0.2, 0) is 16.1 Å². The Labute approximate surface area is 120 Å². The maximum atomic E-state index is 10.5. The van der Waals surface area contributed by atoms with E-state index >= 15 is 0 Å². The van der Waals surface area contributed by atoms with Crippen LogP contribution in [0.5, 0.6) is 0 Å². The Balaban J connectivity index is 1.52. The lowest BCUT2D eigenvalue weighted by Gasteiger charge is -2.46. The molecule has 1 aliphatic heterocycles. The minimum absolute atomic E-state index is 0.283. The normalized spacial score (nSPS) is 17.6. The second-order valence-corrected chi connectivity index (χ2v) is 5.27. The van der Waals surface area contributed by atoms with Crippen LogP contribution in [0.3, 0.4) is 0 Å². The zero-order chi connectivity index (χ0) is 14.9. The summed E-state index contributed by atoms with van der Waals surface area (Å²) in [7, 11) is 0. The molecule has 0 aliphatic carbocycles. The van der Waals surface area contributed by atoms with Gasteiger partial charge in [-0.25, -0.2) is 4.79 Å². The van der Waals surface area contributed by atoms with E-state index in [2.05, 4.69) is 15.0 Å². The zero-order valence-electron chi connectivity index (χ0n) is 11.5. The van der Waals surface area contributed by atoms with Gasteiger partial charge in [0.2, 0.25) is 0 Å². The molecule has 0 saturated carbocycles. The molecule has 112 valence electrons. The fourth-order valence-electron chi connectivity index (χ4n) is 2.36. The van der Waals surface area contributed by atoms with Crippen molar-refractivity contribution in [2.24, 2.45) is 0 Å². The molecule has 1 fully saturated rings. The predicted molar refractivity (Wildman–Crippen MR) is 69.3 cm³/mol. The summed E-state index contributed by atoms with van der Waals surface area (Å²) in [6.45, 7) is 3.39. The third kappa shape index (κ3) is 3.11.